The number of aromatic nitrogens is 2. The van der Waals surface area contributed by atoms with E-state index in [-0.39, 0.29) is 11.3 Å². The molecule has 0 aromatic carbocycles. The highest BCUT2D eigenvalue weighted by Crippen LogP contribution is 2.33. The lowest BCUT2D eigenvalue weighted by molar-refractivity contribution is -0.128. The summed E-state index contributed by atoms with van der Waals surface area (Å²) in [6.07, 6.45) is 5.90. The number of anilines is 1. The van der Waals surface area contributed by atoms with Gasteiger partial charge in [0.25, 0.3) is 5.91 Å². The Morgan fingerprint density at radius 2 is 2.00 bits per heavy atom. The lowest BCUT2D eigenvalue weighted by atomic mass is 9.92. The zero-order valence-corrected chi connectivity index (χ0v) is 17.6. The van der Waals surface area contributed by atoms with Gasteiger partial charge in [0.15, 0.2) is 0 Å². The summed E-state index contributed by atoms with van der Waals surface area (Å²) in [7, 11) is 0. The Morgan fingerprint density at radius 1 is 1.29 bits per heavy atom. The average molecular weight is 404 g/mol. The molecule has 1 fully saturated rings. The highest BCUT2D eigenvalue weighted by atomic mass is 32.1. The van der Waals surface area contributed by atoms with Crippen LogP contribution in [0.1, 0.15) is 56.1 Å². The summed E-state index contributed by atoms with van der Waals surface area (Å²) in [5, 5.41) is 3.03. The summed E-state index contributed by atoms with van der Waals surface area (Å²) < 4.78 is 0.930. The monoisotopic (exact) mass is 403 g/mol. The van der Waals surface area contributed by atoms with E-state index in [2.05, 4.69) is 20.2 Å². The summed E-state index contributed by atoms with van der Waals surface area (Å²) in [4.78, 5) is 34.9. The number of nitrogens with zero attached hydrogens (tertiary/aromatic N) is 3. The van der Waals surface area contributed by atoms with Gasteiger partial charge in [-0.25, -0.2) is 9.97 Å². The van der Waals surface area contributed by atoms with E-state index < -0.39 is 5.91 Å². The van der Waals surface area contributed by atoms with Crippen LogP contribution in [0.25, 0.3) is 10.2 Å². The highest BCUT2D eigenvalue weighted by molar-refractivity contribution is 7.21. The largest absolute Gasteiger partial charge is 0.365 e. The number of thiophene rings is 1. The van der Waals surface area contributed by atoms with Crippen molar-refractivity contribution in [2.24, 2.45) is 17.1 Å². The minimum Gasteiger partial charge on any atom is -0.365 e. The molecule has 2 aromatic heterocycles. The van der Waals surface area contributed by atoms with Gasteiger partial charge in [0.1, 0.15) is 12.1 Å². The molecule has 2 aromatic rings. The maximum atomic E-state index is 11.9. The van der Waals surface area contributed by atoms with Gasteiger partial charge in [-0.3, -0.25) is 9.59 Å². The number of nitrogens with one attached hydrogen (secondary N) is 1. The zero-order valence-electron chi connectivity index (χ0n) is 16.8. The van der Waals surface area contributed by atoms with Crippen molar-refractivity contribution in [2.45, 2.75) is 46.5 Å². The third kappa shape index (κ3) is 4.79. The van der Waals surface area contributed by atoms with Crippen LogP contribution in [-0.2, 0) is 4.79 Å². The number of carbonyl (C=O) groups excluding carboxylic acids is 2. The number of rotatable bonds is 6. The van der Waals surface area contributed by atoms with Crippen molar-refractivity contribution in [3.05, 3.63) is 17.3 Å². The normalized spacial score (nSPS) is 15.8. The topological polar surface area (TPSA) is 101 Å². The molecule has 0 spiro atoms. The molecular weight excluding hydrogens is 374 g/mol. The summed E-state index contributed by atoms with van der Waals surface area (Å²) in [6.45, 7) is 8.42. The second-order valence-electron chi connectivity index (χ2n) is 8.47. The van der Waals surface area contributed by atoms with E-state index in [1.165, 1.54) is 11.3 Å². The molecule has 0 bridgehead atoms. The van der Waals surface area contributed by atoms with Crippen LogP contribution in [0.4, 0.5) is 5.82 Å². The molecule has 28 heavy (non-hydrogen) atoms. The minimum atomic E-state index is -0.425. The third-order valence-corrected chi connectivity index (χ3v) is 6.34. The Hall–Kier alpha value is -2.22. The van der Waals surface area contributed by atoms with Crippen molar-refractivity contribution in [1.82, 2.24) is 15.3 Å². The smallest absolute Gasteiger partial charge is 0.258 e. The fraction of sp³-hybridized carbons (Fsp3) is 0.600. The molecule has 1 aliphatic rings. The van der Waals surface area contributed by atoms with Crippen LogP contribution in [0, 0.1) is 11.3 Å². The van der Waals surface area contributed by atoms with Gasteiger partial charge >= 0.3 is 0 Å². The third-order valence-electron chi connectivity index (χ3n) is 5.21. The van der Waals surface area contributed by atoms with Crippen LogP contribution in [-0.4, -0.2) is 41.4 Å². The molecule has 7 nitrogen and oxygen atoms in total. The maximum Gasteiger partial charge on any atom is 0.258 e. The van der Waals surface area contributed by atoms with Gasteiger partial charge < -0.3 is 16.0 Å². The molecule has 0 radical (unpaired) electrons. The Labute approximate surface area is 169 Å². The van der Waals surface area contributed by atoms with E-state index in [9.17, 15) is 9.59 Å². The zero-order chi connectivity index (χ0) is 20.3. The molecule has 0 aliphatic carbocycles. The number of carbonyl (C=O) groups is 2. The van der Waals surface area contributed by atoms with Crippen LogP contribution >= 0.6 is 11.3 Å². The molecule has 3 rings (SSSR count). The van der Waals surface area contributed by atoms with Gasteiger partial charge in [-0.05, 0) is 37.7 Å². The quantitative estimate of drug-likeness (QED) is 0.722. The van der Waals surface area contributed by atoms with E-state index in [0.29, 0.717) is 10.8 Å². The average Bonchev–Trinajstić information content (AvgIpc) is 3.09. The van der Waals surface area contributed by atoms with Gasteiger partial charge in [0.05, 0.1) is 15.1 Å². The fourth-order valence-electron chi connectivity index (χ4n) is 3.48. The summed E-state index contributed by atoms with van der Waals surface area (Å²) in [6, 6.07) is 1.74. The second kappa shape index (κ2) is 8.43. The Kier molecular flexibility index (Phi) is 6.17. The first-order valence-electron chi connectivity index (χ1n) is 9.83. The van der Waals surface area contributed by atoms with Crippen LogP contribution in [0.5, 0.6) is 0 Å². The number of nitrogens with two attached hydrogens (primary N) is 1. The molecule has 8 heteroatoms. The minimum absolute atomic E-state index is 0.112. The van der Waals surface area contributed by atoms with Crippen molar-refractivity contribution >= 4 is 39.2 Å². The molecule has 3 N–H and O–H groups in total. The first kappa shape index (κ1) is 20.5. The number of primary amides is 1. The summed E-state index contributed by atoms with van der Waals surface area (Å²) >= 11 is 1.37. The van der Waals surface area contributed by atoms with Crippen LogP contribution in [0.3, 0.4) is 0 Å². The van der Waals surface area contributed by atoms with Crippen molar-refractivity contribution in [2.75, 3.05) is 24.5 Å². The molecule has 0 saturated carbocycles. The molecule has 0 atom stereocenters. The van der Waals surface area contributed by atoms with Crippen LogP contribution in [0.15, 0.2) is 12.4 Å². The number of hydrogen-bond donors (Lipinski definition) is 2. The first-order chi connectivity index (χ1) is 13.3. The van der Waals surface area contributed by atoms with E-state index >= 15 is 0 Å². The van der Waals surface area contributed by atoms with Crippen molar-refractivity contribution in [1.29, 1.82) is 0 Å². The van der Waals surface area contributed by atoms with Gasteiger partial charge in [-0.2, -0.15) is 0 Å². The van der Waals surface area contributed by atoms with Crippen molar-refractivity contribution in [3.63, 3.8) is 0 Å². The predicted molar refractivity (Wildman–Crippen MR) is 113 cm³/mol. The molecule has 3 heterocycles. The van der Waals surface area contributed by atoms with Crippen molar-refractivity contribution in [3.8, 4) is 0 Å². The first-order valence-corrected chi connectivity index (χ1v) is 10.6. The highest BCUT2D eigenvalue weighted by Gasteiger charge is 2.24. The second-order valence-corrected chi connectivity index (χ2v) is 9.52. The molecule has 1 aliphatic heterocycles. The Bertz CT molecular complexity index is 850. The predicted octanol–water partition coefficient (Wildman–Crippen LogP) is 2.95. The van der Waals surface area contributed by atoms with E-state index in [1.807, 2.05) is 20.8 Å². The van der Waals surface area contributed by atoms with E-state index in [0.717, 1.165) is 61.4 Å². The Morgan fingerprint density at radius 3 is 2.64 bits per heavy atom. The van der Waals surface area contributed by atoms with Gasteiger partial charge in [-0.15, -0.1) is 11.3 Å². The lowest BCUT2D eigenvalue weighted by Crippen LogP contribution is -2.36. The number of hydrogen-bond acceptors (Lipinski definition) is 6. The molecular formula is C20H29N5O2S. The van der Waals surface area contributed by atoms with E-state index in [1.54, 1.807) is 12.4 Å². The maximum absolute atomic E-state index is 11.9. The van der Waals surface area contributed by atoms with Crippen molar-refractivity contribution < 1.29 is 9.59 Å². The molecule has 152 valence electrons. The molecule has 2 amide bonds. The Balaban J connectivity index is 1.51. The molecule has 1 saturated heterocycles. The number of amides is 2. The van der Waals surface area contributed by atoms with Crippen LogP contribution < -0.4 is 16.0 Å². The van der Waals surface area contributed by atoms with Gasteiger partial charge in [0.2, 0.25) is 5.91 Å². The SMILES string of the molecule is CC(C)(C)C(=O)NCCCC1CCN(c2ncnc3cc(C(N)=O)sc23)CC1. The lowest BCUT2D eigenvalue weighted by Gasteiger charge is -2.33. The summed E-state index contributed by atoms with van der Waals surface area (Å²) in [5.74, 6) is 1.26. The number of piperidine rings is 1. The van der Waals surface area contributed by atoms with Gasteiger partial charge in [0, 0.05) is 25.0 Å². The van der Waals surface area contributed by atoms with Gasteiger partial charge in [-0.1, -0.05) is 20.8 Å². The van der Waals surface area contributed by atoms with Crippen LogP contribution in [0.2, 0.25) is 0 Å². The standard InChI is InChI=1S/C20H29N5O2S/c1-20(2,3)19(27)22-8-4-5-13-6-9-25(10-7-13)18-16-14(23-12-24-18)11-15(28-16)17(21)26/h11-13H,4-10H2,1-3H3,(H2,21,26)(H,22,27). The summed E-state index contributed by atoms with van der Waals surface area (Å²) in [5.41, 5.74) is 5.86. The number of fused-ring (bicyclic) bond motifs is 1. The molecule has 0 unspecified atom stereocenters. The fourth-order valence-corrected chi connectivity index (χ4v) is 4.46. The van der Waals surface area contributed by atoms with E-state index in [4.69, 9.17) is 5.73 Å².